The van der Waals surface area contributed by atoms with Crippen LogP contribution in [0.25, 0.3) is 10.1 Å². The fourth-order valence-electron chi connectivity index (χ4n) is 2.23. The van der Waals surface area contributed by atoms with Gasteiger partial charge in [0.25, 0.3) is 0 Å². The predicted molar refractivity (Wildman–Crippen MR) is 92.7 cm³/mol. The Hall–Kier alpha value is -1.96. The second-order valence-electron chi connectivity index (χ2n) is 4.52. The van der Waals surface area contributed by atoms with Crippen LogP contribution in [0.5, 0.6) is 0 Å². The van der Waals surface area contributed by atoms with Crippen molar-refractivity contribution in [1.29, 1.82) is 5.26 Å². The molecule has 0 bridgehead atoms. The van der Waals surface area contributed by atoms with E-state index in [-0.39, 0.29) is 0 Å². The summed E-state index contributed by atoms with van der Waals surface area (Å²) in [4.78, 5) is 1.03. The molecule has 1 N–H and O–H groups in total. The molecule has 0 spiro atoms. The highest BCUT2D eigenvalue weighted by Gasteiger charge is 2.08. The SMILES string of the molecule is CCSc1cccc(Nc2ccc3sccc3c2)c1C#N. The zero-order valence-electron chi connectivity index (χ0n) is 11.6. The van der Waals surface area contributed by atoms with Gasteiger partial charge in [-0.3, -0.25) is 0 Å². The summed E-state index contributed by atoms with van der Waals surface area (Å²) in [6.45, 7) is 2.09. The van der Waals surface area contributed by atoms with E-state index >= 15 is 0 Å². The summed E-state index contributed by atoms with van der Waals surface area (Å²) in [7, 11) is 0. The normalized spacial score (nSPS) is 10.5. The number of nitriles is 1. The Bertz CT molecular complexity index is 815. The fourth-order valence-corrected chi connectivity index (χ4v) is 3.78. The van der Waals surface area contributed by atoms with Crippen molar-refractivity contribution < 1.29 is 0 Å². The molecule has 0 unspecified atom stereocenters. The number of hydrogen-bond acceptors (Lipinski definition) is 4. The average Bonchev–Trinajstić information content (AvgIpc) is 2.95. The third-order valence-electron chi connectivity index (χ3n) is 3.17. The van der Waals surface area contributed by atoms with Gasteiger partial charge in [-0.15, -0.1) is 23.1 Å². The van der Waals surface area contributed by atoms with E-state index in [1.54, 1.807) is 23.1 Å². The number of nitrogens with one attached hydrogen (secondary N) is 1. The first-order valence-electron chi connectivity index (χ1n) is 6.72. The van der Waals surface area contributed by atoms with Gasteiger partial charge in [0.1, 0.15) is 6.07 Å². The van der Waals surface area contributed by atoms with E-state index in [1.165, 1.54) is 10.1 Å². The predicted octanol–water partition coefficient (Wildman–Crippen LogP) is 5.63. The Morgan fingerprint density at radius 1 is 1.24 bits per heavy atom. The highest BCUT2D eigenvalue weighted by molar-refractivity contribution is 7.99. The number of thioether (sulfide) groups is 1. The highest BCUT2D eigenvalue weighted by Crippen LogP contribution is 2.31. The molecule has 0 saturated carbocycles. The van der Waals surface area contributed by atoms with Crippen LogP contribution < -0.4 is 5.32 Å². The van der Waals surface area contributed by atoms with Crippen LogP contribution in [0.1, 0.15) is 12.5 Å². The fraction of sp³-hybridized carbons (Fsp3) is 0.118. The molecular weight excluding hydrogens is 296 g/mol. The molecule has 1 heterocycles. The minimum Gasteiger partial charge on any atom is -0.354 e. The maximum absolute atomic E-state index is 9.44. The lowest BCUT2D eigenvalue weighted by molar-refractivity contribution is 1.35. The van der Waals surface area contributed by atoms with E-state index in [4.69, 9.17) is 0 Å². The molecular formula is C17H14N2S2. The minimum atomic E-state index is 0.717. The summed E-state index contributed by atoms with van der Waals surface area (Å²) in [5.41, 5.74) is 2.59. The molecule has 2 nitrogen and oxygen atoms in total. The molecule has 0 atom stereocenters. The van der Waals surface area contributed by atoms with Crippen LogP contribution in [-0.4, -0.2) is 5.75 Å². The number of thiophene rings is 1. The van der Waals surface area contributed by atoms with Gasteiger partial charge in [-0.2, -0.15) is 5.26 Å². The van der Waals surface area contributed by atoms with Crippen molar-refractivity contribution in [2.24, 2.45) is 0 Å². The number of hydrogen-bond donors (Lipinski definition) is 1. The van der Waals surface area contributed by atoms with E-state index in [0.29, 0.717) is 0 Å². The third-order valence-corrected chi connectivity index (χ3v) is 5.01. The zero-order valence-corrected chi connectivity index (χ0v) is 13.2. The van der Waals surface area contributed by atoms with Crippen molar-refractivity contribution >= 4 is 44.6 Å². The number of fused-ring (bicyclic) bond motifs is 1. The van der Waals surface area contributed by atoms with E-state index in [0.717, 1.165) is 27.6 Å². The number of nitrogens with zero attached hydrogens (tertiary/aromatic N) is 1. The quantitative estimate of drug-likeness (QED) is 0.634. The second-order valence-corrected chi connectivity index (χ2v) is 6.78. The smallest absolute Gasteiger partial charge is 0.103 e. The van der Waals surface area contributed by atoms with Gasteiger partial charge in [0.2, 0.25) is 0 Å². The molecule has 3 rings (SSSR count). The summed E-state index contributed by atoms with van der Waals surface area (Å²) in [6.07, 6.45) is 0. The van der Waals surface area contributed by atoms with E-state index in [1.807, 2.05) is 18.2 Å². The van der Waals surface area contributed by atoms with Gasteiger partial charge >= 0.3 is 0 Å². The Balaban J connectivity index is 1.97. The van der Waals surface area contributed by atoms with Gasteiger partial charge < -0.3 is 5.32 Å². The molecule has 21 heavy (non-hydrogen) atoms. The summed E-state index contributed by atoms with van der Waals surface area (Å²) < 4.78 is 1.27. The average molecular weight is 310 g/mol. The van der Waals surface area contributed by atoms with Crippen LogP contribution in [0.2, 0.25) is 0 Å². The Morgan fingerprint density at radius 3 is 2.95 bits per heavy atom. The van der Waals surface area contributed by atoms with Crippen molar-refractivity contribution in [3.63, 3.8) is 0 Å². The van der Waals surface area contributed by atoms with Crippen LogP contribution in [0.4, 0.5) is 11.4 Å². The molecule has 0 radical (unpaired) electrons. The summed E-state index contributed by atoms with van der Waals surface area (Å²) in [5, 5.41) is 16.1. The first kappa shape index (κ1) is 14.0. The topological polar surface area (TPSA) is 35.8 Å². The van der Waals surface area contributed by atoms with Crippen molar-refractivity contribution in [2.45, 2.75) is 11.8 Å². The Kier molecular flexibility index (Phi) is 4.14. The van der Waals surface area contributed by atoms with E-state index < -0.39 is 0 Å². The summed E-state index contributed by atoms with van der Waals surface area (Å²) in [5.74, 6) is 0.957. The summed E-state index contributed by atoms with van der Waals surface area (Å²) >= 11 is 3.43. The van der Waals surface area contributed by atoms with Gasteiger partial charge in [0.15, 0.2) is 0 Å². The van der Waals surface area contributed by atoms with Gasteiger partial charge in [0.05, 0.1) is 11.3 Å². The van der Waals surface area contributed by atoms with E-state index in [9.17, 15) is 5.26 Å². The lowest BCUT2D eigenvalue weighted by Gasteiger charge is -2.11. The monoisotopic (exact) mass is 310 g/mol. The van der Waals surface area contributed by atoms with Gasteiger partial charge in [-0.05, 0) is 52.9 Å². The van der Waals surface area contributed by atoms with Crippen molar-refractivity contribution in [1.82, 2.24) is 0 Å². The van der Waals surface area contributed by atoms with Crippen LogP contribution >= 0.6 is 23.1 Å². The maximum Gasteiger partial charge on any atom is 0.103 e. The molecule has 0 aliphatic carbocycles. The minimum absolute atomic E-state index is 0.717. The molecule has 2 aromatic carbocycles. The number of benzene rings is 2. The molecule has 1 aromatic heterocycles. The second kappa shape index (κ2) is 6.21. The largest absolute Gasteiger partial charge is 0.354 e. The standard InChI is InChI=1S/C17H14N2S2/c1-2-20-17-5-3-4-15(14(17)11-18)19-13-6-7-16-12(10-13)8-9-21-16/h3-10,19H,2H2,1H3. The highest BCUT2D eigenvalue weighted by atomic mass is 32.2. The number of anilines is 2. The zero-order chi connectivity index (χ0) is 14.7. The molecule has 0 fully saturated rings. The van der Waals surface area contributed by atoms with Gasteiger partial charge in [-0.1, -0.05) is 13.0 Å². The third kappa shape index (κ3) is 2.90. The van der Waals surface area contributed by atoms with Crippen LogP contribution in [0.3, 0.4) is 0 Å². The first-order chi connectivity index (χ1) is 10.3. The van der Waals surface area contributed by atoms with Crippen molar-refractivity contribution in [2.75, 3.05) is 11.1 Å². The maximum atomic E-state index is 9.44. The molecule has 0 aliphatic heterocycles. The molecule has 4 heteroatoms. The van der Waals surface area contributed by atoms with Crippen molar-refractivity contribution in [3.8, 4) is 6.07 Å². The van der Waals surface area contributed by atoms with Crippen LogP contribution in [0.15, 0.2) is 52.7 Å². The lowest BCUT2D eigenvalue weighted by Crippen LogP contribution is -1.95. The van der Waals surface area contributed by atoms with Gasteiger partial charge in [0, 0.05) is 15.3 Å². The molecule has 0 saturated heterocycles. The van der Waals surface area contributed by atoms with Crippen LogP contribution in [-0.2, 0) is 0 Å². The Morgan fingerprint density at radius 2 is 2.14 bits per heavy atom. The van der Waals surface area contributed by atoms with Crippen molar-refractivity contribution in [3.05, 3.63) is 53.4 Å². The van der Waals surface area contributed by atoms with E-state index in [2.05, 4.69) is 48.0 Å². The van der Waals surface area contributed by atoms with Gasteiger partial charge in [-0.25, -0.2) is 0 Å². The molecule has 3 aromatic rings. The Labute approximate surface area is 132 Å². The first-order valence-corrected chi connectivity index (χ1v) is 8.58. The number of rotatable bonds is 4. The van der Waals surface area contributed by atoms with Crippen LogP contribution in [0, 0.1) is 11.3 Å². The molecule has 0 amide bonds. The molecule has 104 valence electrons. The lowest BCUT2D eigenvalue weighted by atomic mass is 10.1. The molecule has 0 aliphatic rings. The summed E-state index contributed by atoms with van der Waals surface area (Å²) in [6, 6.07) is 16.7.